The van der Waals surface area contributed by atoms with E-state index in [1.807, 2.05) is 6.08 Å². The molecule has 212 valence electrons. The number of hydrogen-bond acceptors (Lipinski definition) is 9. The summed E-state index contributed by atoms with van der Waals surface area (Å²) in [7, 11) is 1.54. The molecule has 2 amide bonds. The molecular weight excluding hydrogens is 526 g/mol. The predicted octanol–water partition coefficient (Wildman–Crippen LogP) is 4.42. The number of nitrogens with one attached hydrogen (secondary N) is 2. The summed E-state index contributed by atoms with van der Waals surface area (Å²) in [5.41, 5.74) is 3.41. The van der Waals surface area contributed by atoms with E-state index in [1.165, 1.54) is 13.2 Å². The first-order valence-electron chi connectivity index (χ1n) is 13.2. The average Bonchev–Trinajstić information content (AvgIpc) is 3.02. The minimum atomic E-state index is -0.324. The summed E-state index contributed by atoms with van der Waals surface area (Å²) in [6.45, 7) is 6.72. The lowest BCUT2D eigenvalue weighted by Crippen LogP contribution is -2.40. The molecule has 0 saturated carbocycles. The summed E-state index contributed by atoms with van der Waals surface area (Å²) >= 11 is 0. The van der Waals surface area contributed by atoms with Crippen molar-refractivity contribution in [1.29, 1.82) is 0 Å². The molecule has 0 aliphatic carbocycles. The highest BCUT2D eigenvalue weighted by atomic mass is 16.5. The minimum absolute atomic E-state index is 0.0781. The molecule has 1 fully saturated rings. The van der Waals surface area contributed by atoms with Gasteiger partial charge in [0.2, 0.25) is 17.7 Å². The molecule has 1 aromatic heterocycles. The van der Waals surface area contributed by atoms with E-state index in [0.29, 0.717) is 80.3 Å². The number of nitrogens with zero attached hydrogens (tertiary/aromatic N) is 3. The standard InChI is InChI=1S/C30H31N5O6/c1-3-27(36)32-22-5-4-6-23(18-22)41-28-24(20-9-13-39-14-10-20)19-31-30(34-28)33-25-8-7-21(17-26(25)38-2)29(37)35-11-15-40-16-12-35/h3-9,17-19H,1,10-16H2,2H3,(H,32,36)(H,31,33,34). The number of anilines is 3. The van der Waals surface area contributed by atoms with Crippen LogP contribution in [0.15, 0.2) is 67.4 Å². The van der Waals surface area contributed by atoms with E-state index in [1.54, 1.807) is 53.6 Å². The quantitative estimate of drug-likeness (QED) is 0.368. The van der Waals surface area contributed by atoms with Crippen LogP contribution in [-0.4, -0.2) is 73.3 Å². The molecule has 11 nitrogen and oxygen atoms in total. The Hall–Kier alpha value is -4.74. The van der Waals surface area contributed by atoms with E-state index in [2.05, 4.69) is 27.2 Å². The number of ether oxygens (including phenoxy) is 4. The summed E-state index contributed by atoms with van der Waals surface area (Å²) in [6, 6.07) is 12.2. The fourth-order valence-corrected chi connectivity index (χ4v) is 4.44. The minimum Gasteiger partial charge on any atom is -0.495 e. The number of hydrogen-bond donors (Lipinski definition) is 2. The molecule has 5 rings (SSSR count). The molecule has 41 heavy (non-hydrogen) atoms. The number of aromatic nitrogens is 2. The summed E-state index contributed by atoms with van der Waals surface area (Å²) in [5, 5.41) is 5.91. The fraction of sp³-hybridized carbons (Fsp3) is 0.267. The Balaban J connectivity index is 1.42. The van der Waals surface area contributed by atoms with E-state index in [-0.39, 0.29) is 17.8 Å². The van der Waals surface area contributed by atoms with Crippen LogP contribution in [0.4, 0.5) is 17.3 Å². The Morgan fingerprint density at radius 1 is 1.10 bits per heavy atom. The number of amides is 2. The van der Waals surface area contributed by atoms with Crippen molar-refractivity contribution in [1.82, 2.24) is 14.9 Å². The lowest BCUT2D eigenvalue weighted by atomic mass is 10.0. The van der Waals surface area contributed by atoms with Gasteiger partial charge in [-0.3, -0.25) is 9.59 Å². The van der Waals surface area contributed by atoms with Crippen molar-refractivity contribution in [3.8, 4) is 17.4 Å². The van der Waals surface area contributed by atoms with Gasteiger partial charge >= 0.3 is 0 Å². The van der Waals surface area contributed by atoms with Gasteiger partial charge in [-0.2, -0.15) is 4.98 Å². The molecule has 2 aliphatic heterocycles. The van der Waals surface area contributed by atoms with Gasteiger partial charge in [0.1, 0.15) is 11.5 Å². The SMILES string of the molecule is C=CC(=O)Nc1cccc(Oc2nc(Nc3ccc(C(=O)N4CCOCC4)cc3OC)ncc2C2=CCOCC2)c1. The van der Waals surface area contributed by atoms with Crippen LogP contribution < -0.4 is 20.1 Å². The van der Waals surface area contributed by atoms with E-state index in [4.69, 9.17) is 18.9 Å². The second kappa shape index (κ2) is 13.1. The first-order valence-corrected chi connectivity index (χ1v) is 13.2. The van der Waals surface area contributed by atoms with Crippen LogP contribution in [0.1, 0.15) is 22.3 Å². The maximum absolute atomic E-state index is 13.0. The highest BCUT2D eigenvalue weighted by molar-refractivity contribution is 5.99. The van der Waals surface area contributed by atoms with Crippen LogP contribution in [0.5, 0.6) is 17.4 Å². The highest BCUT2D eigenvalue weighted by Crippen LogP contribution is 2.34. The second-order valence-electron chi connectivity index (χ2n) is 9.23. The maximum atomic E-state index is 13.0. The molecule has 3 heterocycles. The number of benzene rings is 2. The third-order valence-electron chi connectivity index (χ3n) is 6.56. The van der Waals surface area contributed by atoms with Gasteiger partial charge in [-0.25, -0.2) is 4.98 Å². The van der Waals surface area contributed by atoms with E-state index in [0.717, 1.165) is 11.1 Å². The van der Waals surface area contributed by atoms with Crippen molar-refractivity contribution in [2.24, 2.45) is 0 Å². The van der Waals surface area contributed by atoms with Crippen molar-refractivity contribution >= 4 is 34.7 Å². The molecule has 1 saturated heterocycles. The van der Waals surface area contributed by atoms with Crippen LogP contribution in [0.25, 0.3) is 5.57 Å². The van der Waals surface area contributed by atoms with Gasteiger partial charge in [0.05, 0.1) is 44.8 Å². The van der Waals surface area contributed by atoms with Crippen molar-refractivity contribution in [2.75, 3.05) is 57.3 Å². The number of rotatable bonds is 9. The first kappa shape index (κ1) is 27.8. The zero-order valence-corrected chi connectivity index (χ0v) is 22.7. The average molecular weight is 558 g/mol. The predicted molar refractivity (Wildman–Crippen MR) is 154 cm³/mol. The Labute approximate surface area is 237 Å². The van der Waals surface area contributed by atoms with Gasteiger partial charge in [0.25, 0.3) is 5.91 Å². The van der Waals surface area contributed by atoms with E-state index >= 15 is 0 Å². The van der Waals surface area contributed by atoms with Crippen LogP contribution in [-0.2, 0) is 14.3 Å². The molecule has 3 aromatic rings. The van der Waals surface area contributed by atoms with Crippen LogP contribution in [0.3, 0.4) is 0 Å². The molecule has 2 N–H and O–H groups in total. The van der Waals surface area contributed by atoms with Crippen molar-refractivity contribution < 1.29 is 28.5 Å². The number of methoxy groups -OCH3 is 1. The molecule has 0 bridgehead atoms. The van der Waals surface area contributed by atoms with Crippen LogP contribution in [0.2, 0.25) is 0 Å². The molecule has 2 aromatic carbocycles. The number of morpholine rings is 1. The Morgan fingerprint density at radius 2 is 1.95 bits per heavy atom. The smallest absolute Gasteiger partial charge is 0.254 e. The largest absolute Gasteiger partial charge is 0.495 e. The normalized spacial score (nSPS) is 15.0. The van der Waals surface area contributed by atoms with Gasteiger partial charge in [-0.05, 0) is 48.4 Å². The third-order valence-corrected chi connectivity index (χ3v) is 6.56. The number of carbonyl (C=O) groups excluding carboxylic acids is 2. The summed E-state index contributed by atoms with van der Waals surface area (Å²) in [4.78, 5) is 35.7. The third kappa shape index (κ3) is 6.89. The zero-order valence-electron chi connectivity index (χ0n) is 22.7. The first-order chi connectivity index (χ1) is 20.0. The molecular formula is C30H31N5O6. The molecule has 0 atom stereocenters. The summed E-state index contributed by atoms with van der Waals surface area (Å²) < 4.78 is 22.6. The lowest BCUT2D eigenvalue weighted by Gasteiger charge is -2.27. The van der Waals surface area contributed by atoms with E-state index < -0.39 is 0 Å². The Bertz CT molecular complexity index is 1470. The topological polar surface area (TPSA) is 124 Å². The molecule has 0 spiro atoms. The maximum Gasteiger partial charge on any atom is 0.254 e. The van der Waals surface area contributed by atoms with E-state index in [9.17, 15) is 9.59 Å². The van der Waals surface area contributed by atoms with Gasteiger partial charge in [0, 0.05) is 36.6 Å². The Morgan fingerprint density at radius 3 is 2.71 bits per heavy atom. The van der Waals surface area contributed by atoms with Crippen molar-refractivity contribution in [3.05, 3.63) is 78.5 Å². The van der Waals surface area contributed by atoms with Crippen LogP contribution >= 0.6 is 0 Å². The van der Waals surface area contributed by atoms with Gasteiger partial charge in [0.15, 0.2) is 0 Å². The van der Waals surface area contributed by atoms with Crippen molar-refractivity contribution in [3.63, 3.8) is 0 Å². The molecule has 0 radical (unpaired) electrons. The summed E-state index contributed by atoms with van der Waals surface area (Å²) in [5.74, 6) is 1.16. The number of carbonyl (C=O) groups is 2. The zero-order chi connectivity index (χ0) is 28.6. The summed E-state index contributed by atoms with van der Waals surface area (Å²) in [6.07, 6.45) is 5.57. The fourth-order valence-electron chi connectivity index (χ4n) is 4.44. The molecule has 2 aliphatic rings. The lowest BCUT2D eigenvalue weighted by molar-refractivity contribution is -0.111. The molecule has 0 unspecified atom stereocenters. The van der Waals surface area contributed by atoms with Crippen molar-refractivity contribution in [2.45, 2.75) is 6.42 Å². The molecule has 11 heteroatoms. The van der Waals surface area contributed by atoms with Gasteiger partial charge < -0.3 is 34.5 Å². The van der Waals surface area contributed by atoms with Crippen LogP contribution in [0, 0.1) is 0 Å². The Kier molecular flexibility index (Phi) is 8.87. The monoisotopic (exact) mass is 557 g/mol. The second-order valence-corrected chi connectivity index (χ2v) is 9.23. The highest BCUT2D eigenvalue weighted by Gasteiger charge is 2.21. The van der Waals surface area contributed by atoms with Gasteiger partial charge in [-0.15, -0.1) is 0 Å². The van der Waals surface area contributed by atoms with Gasteiger partial charge in [-0.1, -0.05) is 18.7 Å².